The van der Waals surface area contributed by atoms with E-state index in [0.717, 1.165) is 17.7 Å². The summed E-state index contributed by atoms with van der Waals surface area (Å²) in [5.41, 5.74) is 2.45. The van der Waals surface area contributed by atoms with E-state index in [2.05, 4.69) is 4.98 Å². The van der Waals surface area contributed by atoms with Crippen molar-refractivity contribution >= 4 is 34.0 Å². The van der Waals surface area contributed by atoms with Crippen LogP contribution in [0.5, 0.6) is 0 Å². The summed E-state index contributed by atoms with van der Waals surface area (Å²) in [4.78, 5) is 29.5. The number of benzene rings is 1. The molecule has 0 unspecified atom stereocenters. The number of ether oxygens (including phenoxy) is 1. The van der Waals surface area contributed by atoms with E-state index >= 15 is 0 Å². The zero-order chi connectivity index (χ0) is 17.5. The minimum absolute atomic E-state index is 0.0863. The van der Waals surface area contributed by atoms with Crippen molar-refractivity contribution in [3.63, 3.8) is 0 Å². The SMILES string of the molecule is CC/C=C/C(=O)OCc1csc(N(C(C)=O)c2cccc(C)c2)n1. The molecular weight excluding hydrogens is 324 g/mol. The van der Waals surface area contributed by atoms with Crippen LogP contribution in [0.25, 0.3) is 0 Å². The van der Waals surface area contributed by atoms with Gasteiger partial charge >= 0.3 is 5.97 Å². The van der Waals surface area contributed by atoms with Crippen LogP contribution < -0.4 is 4.90 Å². The standard InChI is InChI=1S/C18H20N2O3S/c1-4-5-9-17(22)23-11-15-12-24-18(19-15)20(14(3)21)16-8-6-7-13(2)10-16/h5-10,12H,4,11H2,1-3H3/b9-5+. The summed E-state index contributed by atoms with van der Waals surface area (Å²) < 4.78 is 5.12. The van der Waals surface area contributed by atoms with Gasteiger partial charge in [0, 0.05) is 18.4 Å². The first kappa shape index (κ1) is 17.9. The largest absolute Gasteiger partial charge is 0.456 e. The Kier molecular flexibility index (Phi) is 6.26. The van der Waals surface area contributed by atoms with Crippen LogP contribution in [0, 0.1) is 6.92 Å². The van der Waals surface area contributed by atoms with Crippen LogP contribution in [0.4, 0.5) is 10.8 Å². The van der Waals surface area contributed by atoms with Crippen molar-refractivity contribution in [2.24, 2.45) is 0 Å². The Bertz CT molecular complexity index is 752. The second-order valence-corrected chi connectivity index (χ2v) is 6.07. The Morgan fingerprint density at radius 2 is 2.17 bits per heavy atom. The third kappa shape index (κ3) is 4.76. The molecule has 0 bridgehead atoms. The van der Waals surface area contributed by atoms with Crippen LogP contribution in [0.15, 0.2) is 41.8 Å². The van der Waals surface area contributed by atoms with Gasteiger partial charge in [-0.05, 0) is 31.0 Å². The summed E-state index contributed by atoms with van der Waals surface area (Å²) in [6.07, 6.45) is 3.92. The van der Waals surface area contributed by atoms with Crippen LogP contribution in [-0.2, 0) is 20.9 Å². The predicted molar refractivity (Wildman–Crippen MR) is 95.3 cm³/mol. The summed E-state index contributed by atoms with van der Waals surface area (Å²) in [5.74, 6) is -0.516. The molecule has 0 saturated heterocycles. The molecule has 0 fully saturated rings. The van der Waals surface area contributed by atoms with E-state index < -0.39 is 5.97 Å². The van der Waals surface area contributed by atoms with E-state index in [-0.39, 0.29) is 12.5 Å². The number of amides is 1. The first-order valence-electron chi connectivity index (χ1n) is 7.66. The Balaban J connectivity index is 2.13. The molecule has 126 valence electrons. The number of allylic oxidation sites excluding steroid dienone is 1. The Morgan fingerprint density at radius 1 is 1.38 bits per heavy atom. The normalized spacial score (nSPS) is 10.8. The molecule has 0 saturated carbocycles. The van der Waals surface area contributed by atoms with Crippen molar-refractivity contribution in [3.8, 4) is 0 Å². The summed E-state index contributed by atoms with van der Waals surface area (Å²) in [6.45, 7) is 5.50. The minimum Gasteiger partial charge on any atom is -0.456 e. The lowest BCUT2D eigenvalue weighted by molar-refractivity contribution is -0.139. The second kappa shape index (κ2) is 8.40. The van der Waals surface area contributed by atoms with Gasteiger partial charge in [-0.2, -0.15) is 0 Å². The van der Waals surface area contributed by atoms with Crippen LogP contribution in [0.2, 0.25) is 0 Å². The number of aryl methyl sites for hydroxylation is 1. The first-order chi connectivity index (χ1) is 11.5. The van der Waals surface area contributed by atoms with E-state index in [4.69, 9.17) is 4.74 Å². The molecule has 0 radical (unpaired) electrons. The monoisotopic (exact) mass is 344 g/mol. The predicted octanol–water partition coefficient (Wildman–Crippen LogP) is 4.15. The molecule has 24 heavy (non-hydrogen) atoms. The molecule has 0 aliphatic heterocycles. The van der Waals surface area contributed by atoms with Crippen molar-refractivity contribution in [1.29, 1.82) is 0 Å². The highest BCUT2D eigenvalue weighted by atomic mass is 32.1. The molecule has 0 spiro atoms. The minimum atomic E-state index is -0.395. The third-order valence-electron chi connectivity index (χ3n) is 3.16. The van der Waals surface area contributed by atoms with Crippen molar-refractivity contribution < 1.29 is 14.3 Å². The molecule has 0 N–H and O–H groups in total. The van der Waals surface area contributed by atoms with Gasteiger partial charge in [-0.3, -0.25) is 9.69 Å². The molecule has 2 aromatic rings. The molecule has 2 rings (SSSR count). The summed E-state index contributed by atoms with van der Waals surface area (Å²) in [6, 6.07) is 7.67. The van der Waals surface area contributed by atoms with Crippen LogP contribution in [-0.4, -0.2) is 16.9 Å². The summed E-state index contributed by atoms with van der Waals surface area (Å²) in [7, 11) is 0. The summed E-state index contributed by atoms with van der Waals surface area (Å²) >= 11 is 1.34. The number of nitrogens with zero attached hydrogens (tertiary/aromatic N) is 2. The van der Waals surface area contributed by atoms with Gasteiger partial charge in [0.05, 0.1) is 11.4 Å². The molecule has 1 heterocycles. The summed E-state index contributed by atoms with van der Waals surface area (Å²) in [5, 5.41) is 2.35. The van der Waals surface area contributed by atoms with Crippen LogP contribution in [0.3, 0.4) is 0 Å². The van der Waals surface area contributed by atoms with Gasteiger partial charge in [0.25, 0.3) is 0 Å². The third-order valence-corrected chi connectivity index (χ3v) is 4.03. The highest BCUT2D eigenvalue weighted by molar-refractivity contribution is 7.14. The first-order valence-corrected chi connectivity index (χ1v) is 8.54. The highest BCUT2D eigenvalue weighted by Crippen LogP contribution is 2.29. The fraction of sp³-hybridized carbons (Fsp3) is 0.278. The van der Waals surface area contributed by atoms with Crippen molar-refractivity contribution in [2.75, 3.05) is 4.90 Å². The second-order valence-electron chi connectivity index (χ2n) is 5.23. The van der Waals surface area contributed by atoms with E-state index in [9.17, 15) is 9.59 Å². The zero-order valence-corrected chi connectivity index (χ0v) is 14.8. The number of esters is 1. The number of hydrogen-bond acceptors (Lipinski definition) is 5. The molecule has 1 amide bonds. The van der Waals surface area contributed by atoms with Gasteiger partial charge in [0.15, 0.2) is 5.13 Å². The molecule has 6 heteroatoms. The van der Waals surface area contributed by atoms with Crippen molar-refractivity contribution in [3.05, 3.63) is 53.1 Å². The van der Waals surface area contributed by atoms with Crippen LogP contribution >= 0.6 is 11.3 Å². The van der Waals surface area contributed by atoms with Gasteiger partial charge < -0.3 is 4.74 Å². The number of aromatic nitrogens is 1. The Labute approximate surface area is 145 Å². The van der Waals surface area contributed by atoms with Gasteiger partial charge in [-0.25, -0.2) is 9.78 Å². The maximum atomic E-state index is 12.0. The number of carbonyl (C=O) groups is 2. The smallest absolute Gasteiger partial charge is 0.330 e. The number of thiazole rings is 1. The molecule has 5 nitrogen and oxygen atoms in total. The van der Waals surface area contributed by atoms with Gasteiger partial charge in [-0.1, -0.05) is 25.1 Å². The van der Waals surface area contributed by atoms with E-state index in [1.807, 2.05) is 38.1 Å². The molecule has 0 aliphatic rings. The number of rotatable bonds is 6. The average Bonchev–Trinajstić information content (AvgIpc) is 2.99. The van der Waals surface area contributed by atoms with Gasteiger partial charge in [0.1, 0.15) is 6.61 Å². The van der Waals surface area contributed by atoms with Crippen molar-refractivity contribution in [2.45, 2.75) is 33.8 Å². The highest BCUT2D eigenvalue weighted by Gasteiger charge is 2.18. The van der Waals surface area contributed by atoms with Gasteiger partial charge in [-0.15, -0.1) is 11.3 Å². The maximum Gasteiger partial charge on any atom is 0.330 e. The van der Waals surface area contributed by atoms with E-state index in [0.29, 0.717) is 10.8 Å². The lowest BCUT2D eigenvalue weighted by atomic mass is 10.2. The van der Waals surface area contributed by atoms with Crippen molar-refractivity contribution in [1.82, 2.24) is 4.98 Å². The average molecular weight is 344 g/mol. The molecule has 0 atom stereocenters. The van der Waals surface area contributed by atoms with Gasteiger partial charge in [0.2, 0.25) is 5.91 Å². The number of hydrogen-bond donors (Lipinski definition) is 0. The topological polar surface area (TPSA) is 59.5 Å². The number of carbonyl (C=O) groups excluding carboxylic acids is 2. The van der Waals surface area contributed by atoms with E-state index in [1.54, 1.807) is 16.4 Å². The molecule has 1 aromatic heterocycles. The zero-order valence-electron chi connectivity index (χ0n) is 14.0. The molecular formula is C18H20N2O3S. The Hall–Kier alpha value is -2.47. The lowest BCUT2D eigenvalue weighted by Crippen LogP contribution is -2.22. The lowest BCUT2D eigenvalue weighted by Gasteiger charge is -2.18. The fourth-order valence-corrected chi connectivity index (χ4v) is 2.94. The Morgan fingerprint density at radius 3 is 2.83 bits per heavy atom. The maximum absolute atomic E-state index is 12.0. The molecule has 0 aliphatic carbocycles. The van der Waals surface area contributed by atoms with Crippen LogP contribution in [0.1, 0.15) is 31.5 Å². The quantitative estimate of drug-likeness (QED) is 0.583. The molecule has 1 aromatic carbocycles. The fourth-order valence-electron chi connectivity index (χ4n) is 2.07. The van der Waals surface area contributed by atoms with E-state index in [1.165, 1.54) is 24.3 Å². The number of anilines is 2.